The molecule has 0 aliphatic carbocycles. The van der Waals surface area contributed by atoms with Crippen LogP contribution in [0.15, 0.2) is 36.7 Å². The Labute approximate surface area is 136 Å². The van der Waals surface area contributed by atoms with Crippen molar-refractivity contribution in [1.29, 1.82) is 0 Å². The molecule has 1 aliphatic rings. The molecule has 0 radical (unpaired) electrons. The Kier molecular flexibility index (Phi) is 4.66. The van der Waals surface area contributed by atoms with Crippen LogP contribution >= 0.6 is 0 Å². The summed E-state index contributed by atoms with van der Waals surface area (Å²) >= 11 is 0. The molecular weight excluding hydrogens is 326 g/mol. The monoisotopic (exact) mass is 343 g/mol. The second-order valence-electron chi connectivity index (χ2n) is 5.64. The van der Waals surface area contributed by atoms with Crippen molar-refractivity contribution in [3.05, 3.63) is 48.0 Å². The largest absolute Gasteiger partial charge is 0.573 e. The molecule has 4 nitrogen and oxygen atoms in total. The maximum absolute atomic E-state index is 13.4. The van der Waals surface area contributed by atoms with Gasteiger partial charge in [-0.3, -0.25) is 4.90 Å². The fourth-order valence-corrected chi connectivity index (χ4v) is 2.78. The third-order valence-electron chi connectivity index (χ3n) is 3.95. The molecule has 2 aromatic rings. The van der Waals surface area contributed by atoms with E-state index in [9.17, 15) is 17.6 Å². The van der Waals surface area contributed by atoms with Crippen molar-refractivity contribution in [1.82, 2.24) is 9.88 Å². The summed E-state index contributed by atoms with van der Waals surface area (Å²) in [4.78, 5) is 7.36. The van der Waals surface area contributed by atoms with E-state index in [-0.39, 0.29) is 0 Å². The van der Waals surface area contributed by atoms with E-state index in [1.165, 1.54) is 6.07 Å². The van der Waals surface area contributed by atoms with Crippen LogP contribution in [0.4, 0.5) is 23.2 Å². The van der Waals surface area contributed by atoms with Gasteiger partial charge in [-0.1, -0.05) is 6.07 Å². The lowest BCUT2D eigenvalue weighted by Gasteiger charge is -2.35. The molecule has 3 rings (SSSR count). The van der Waals surface area contributed by atoms with E-state index < -0.39 is 17.9 Å². The van der Waals surface area contributed by atoms with Gasteiger partial charge in [-0.05, 0) is 23.8 Å². The number of benzene rings is 1. The van der Waals surface area contributed by atoms with Gasteiger partial charge in [0.15, 0.2) is 11.6 Å². The SMILES string of the molecule is Fc1ccc(CN2CCN(c3cc[nH]c3)CC2)cc1OC(F)(F)F. The first-order valence-electron chi connectivity index (χ1n) is 7.55. The van der Waals surface area contributed by atoms with Crippen LogP contribution in [0.1, 0.15) is 5.56 Å². The third-order valence-corrected chi connectivity index (χ3v) is 3.95. The lowest BCUT2D eigenvalue weighted by Crippen LogP contribution is -2.45. The second kappa shape index (κ2) is 6.72. The Morgan fingerprint density at radius 2 is 1.83 bits per heavy atom. The van der Waals surface area contributed by atoms with Gasteiger partial charge in [-0.2, -0.15) is 0 Å². The maximum atomic E-state index is 13.4. The van der Waals surface area contributed by atoms with Gasteiger partial charge < -0.3 is 14.6 Å². The van der Waals surface area contributed by atoms with Crippen molar-refractivity contribution in [2.45, 2.75) is 12.9 Å². The van der Waals surface area contributed by atoms with Crippen LogP contribution in [0.2, 0.25) is 0 Å². The lowest BCUT2D eigenvalue weighted by molar-refractivity contribution is -0.275. The molecule has 1 aromatic carbocycles. The quantitative estimate of drug-likeness (QED) is 0.864. The van der Waals surface area contributed by atoms with Crippen molar-refractivity contribution in [3.8, 4) is 5.75 Å². The highest BCUT2D eigenvalue weighted by Crippen LogP contribution is 2.27. The van der Waals surface area contributed by atoms with E-state index in [2.05, 4.69) is 19.5 Å². The standard InChI is InChI=1S/C16H17F4N3O/c17-14-2-1-12(9-15(14)24-16(18,19)20)11-22-5-7-23(8-6-22)13-3-4-21-10-13/h1-4,9-10,21H,5-8,11H2. The van der Waals surface area contributed by atoms with Crippen molar-refractivity contribution in [2.24, 2.45) is 0 Å². The average molecular weight is 343 g/mol. The molecule has 1 N–H and O–H groups in total. The molecule has 1 saturated heterocycles. The summed E-state index contributed by atoms with van der Waals surface area (Å²) in [5, 5.41) is 0. The molecule has 1 aliphatic heterocycles. The number of hydrogen-bond donors (Lipinski definition) is 1. The smallest absolute Gasteiger partial charge is 0.403 e. The van der Waals surface area contributed by atoms with E-state index in [0.717, 1.165) is 44.0 Å². The number of piperazine rings is 1. The number of alkyl halides is 3. The van der Waals surface area contributed by atoms with Crippen LogP contribution in [0.25, 0.3) is 0 Å². The molecule has 2 heterocycles. The first kappa shape index (κ1) is 16.6. The number of anilines is 1. The number of H-pyrrole nitrogens is 1. The summed E-state index contributed by atoms with van der Waals surface area (Å²) in [6.45, 7) is 3.65. The molecule has 0 spiro atoms. The van der Waals surface area contributed by atoms with Gasteiger partial charge in [-0.15, -0.1) is 13.2 Å². The molecule has 1 fully saturated rings. The number of aromatic nitrogens is 1. The molecule has 0 atom stereocenters. The lowest BCUT2D eigenvalue weighted by atomic mass is 10.1. The molecular formula is C16H17F4N3O. The summed E-state index contributed by atoms with van der Waals surface area (Å²) in [5.74, 6) is -1.81. The molecule has 0 bridgehead atoms. The Bertz CT molecular complexity index is 664. The molecule has 24 heavy (non-hydrogen) atoms. The predicted octanol–water partition coefficient (Wildman–Crippen LogP) is 3.37. The minimum atomic E-state index is -4.90. The van der Waals surface area contributed by atoms with Gasteiger partial charge in [-0.25, -0.2) is 4.39 Å². The number of aromatic amines is 1. The summed E-state index contributed by atoms with van der Waals surface area (Å²) in [7, 11) is 0. The fraction of sp³-hybridized carbons (Fsp3) is 0.375. The molecule has 0 unspecified atom stereocenters. The zero-order valence-corrected chi connectivity index (χ0v) is 12.8. The highest BCUT2D eigenvalue weighted by molar-refractivity contribution is 5.44. The Morgan fingerprint density at radius 1 is 1.08 bits per heavy atom. The molecule has 0 amide bonds. The Balaban J connectivity index is 1.60. The average Bonchev–Trinajstić information content (AvgIpc) is 3.04. The van der Waals surface area contributed by atoms with Crippen LogP contribution < -0.4 is 9.64 Å². The highest BCUT2D eigenvalue weighted by Gasteiger charge is 2.32. The molecule has 8 heteroatoms. The van der Waals surface area contributed by atoms with E-state index in [1.54, 1.807) is 0 Å². The molecule has 0 saturated carbocycles. The number of hydrogen-bond acceptors (Lipinski definition) is 3. The van der Waals surface area contributed by atoms with E-state index in [0.29, 0.717) is 12.1 Å². The van der Waals surface area contributed by atoms with Crippen LogP contribution in [-0.4, -0.2) is 42.4 Å². The summed E-state index contributed by atoms with van der Waals surface area (Å²) in [6.07, 6.45) is -1.11. The number of nitrogens with one attached hydrogen (secondary N) is 1. The van der Waals surface area contributed by atoms with Crippen LogP contribution in [0.3, 0.4) is 0 Å². The zero-order chi connectivity index (χ0) is 17.2. The first-order chi connectivity index (χ1) is 11.4. The topological polar surface area (TPSA) is 31.5 Å². The Hall–Kier alpha value is -2.22. The summed E-state index contributed by atoms with van der Waals surface area (Å²) in [5.41, 5.74) is 1.71. The fourth-order valence-electron chi connectivity index (χ4n) is 2.78. The summed E-state index contributed by atoms with van der Waals surface area (Å²) in [6, 6.07) is 5.60. The number of rotatable bonds is 4. The molecule has 130 valence electrons. The van der Waals surface area contributed by atoms with Crippen LogP contribution in [0, 0.1) is 5.82 Å². The number of halogens is 4. The molecule has 1 aromatic heterocycles. The second-order valence-corrected chi connectivity index (χ2v) is 5.64. The van der Waals surface area contributed by atoms with Gasteiger partial charge in [0, 0.05) is 45.1 Å². The van der Waals surface area contributed by atoms with Crippen molar-refractivity contribution in [2.75, 3.05) is 31.1 Å². The number of ether oxygens (including phenoxy) is 1. The van der Waals surface area contributed by atoms with Crippen LogP contribution in [0.5, 0.6) is 5.75 Å². The maximum Gasteiger partial charge on any atom is 0.573 e. The van der Waals surface area contributed by atoms with Crippen molar-refractivity contribution < 1.29 is 22.3 Å². The van der Waals surface area contributed by atoms with Gasteiger partial charge in [0.05, 0.1) is 5.69 Å². The summed E-state index contributed by atoms with van der Waals surface area (Å²) < 4.78 is 54.0. The normalized spacial score (nSPS) is 16.4. The van der Waals surface area contributed by atoms with Crippen LogP contribution in [-0.2, 0) is 6.54 Å². The van der Waals surface area contributed by atoms with Crippen molar-refractivity contribution in [3.63, 3.8) is 0 Å². The minimum Gasteiger partial charge on any atom is -0.403 e. The first-order valence-corrected chi connectivity index (χ1v) is 7.55. The van der Waals surface area contributed by atoms with E-state index >= 15 is 0 Å². The van der Waals surface area contributed by atoms with Gasteiger partial charge >= 0.3 is 6.36 Å². The van der Waals surface area contributed by atoms with Crippen molar-refractivity contribution >= 4 is 5.69 Å². The van der Waals surface area contributed by atoms with Gasteiger partial charge in [0.1, 0.15) is 0 Å². The van der Waals surface area contributed by atoms with Gasteiger partial charge in [0.2, 0.25) is 0 Å². The number of nitrogens with zero attached hydrogens (tertiary/aromatic N) is 2. The third kappa shape index (κ3) is 4.19. The predicted molar refractivity (Wildman–Crippen MR) is 81.4 cm³/mol. The zero-order valence-electron chi connectivity index (χ0n) is 12.8. The minimum absolute atomic E-state index is 0.454. The van der Waals surface area contributed by atoms with Gasteiger partial charge in [0.25, 0.3) is 0 Å². The highest BCUT2D eigenvalue weighted by atomic mass is 19.4. The Morgan fingerprint density at radius 3 is 2.46 bits per heavy atom. The van der Waals surface area contributed by atoms with E-state index in [1.807, 2.05) is 18.5 Å². The van der Waals surface area contributed by atoms with E-state index in [4.69, 9.17) is 0 Å².